The van der Waals surface area contributed by atoms with Gasteiger partial charge in [0.25, 0.3) is 0 Å². The zero-order valence-electron chi connectivity index (χ0n) is 10.7. The SMILES string of the molecule is COC(=O)CCNC(=O)N1CCOc2ccccc21. The van der Waals surface area contributed by atoms with Gasteiger partial charge in [-0.05, 0) is 12.1 Å². The highest BCUT2D eigenvalue weighted by Gasteiger charge is 2.22. The number of hydrogen-bond donors (Lipinski definition) is 1. The fourth-order valence-electron chi connectivity index (χ4n) is 1.85. The highest BCUT2D eigenvalue weighted by atomic mass is 16.5. The second kappa shape index (κ2) is 6.08. The van der Waals surface area contributed by atoms with Gasteiger partial charge >= 0.3 is 12.0 Å². The van der Waals surface area contributed by atoms with Gasteiger partial charge in [-0.2, -0.15) is 0 Å². The summed E-state index contributed by atoms with van der Waals surface area (Å²) in [5, 5.41) is 2.69. The van der Waals surface area contributed by atoms with Crippen LogP contribution in [0.3, 0.4) is 0 Å². The largest absolute Gasteiger partial charge is 0.490 e. The Hall–Kier alpha value is -2.24. The molecule has 1 aliphatic rings. The molecule has 1 aromatic carbocycles. The van der Waals surface area contributed by atoms with Gasteiger partial charge in [0.15, 0.2) is 0 Å². The third-order valence-corrected chi connectivity index (χ3v) is 2.81. The number of rotatable bonds is 3. The molecule has 0 bridgehead atoms. The van der Waals surface area contributed by atoms with E-state index >= 15 is 0 Å². The minimum Gasteiger partial charge on any atom is -0.490 e. The first kappa shape index (κ1) is 13.2. The lowest BCUT2D eigenvalue weighted by atomic mass is 10.2. The second-order valence-electron chi connectivity index (χ2n) is 4.03. The van der Waals surface area contributed by atoms with Crippen molar-refractivity contribution in [1.82, 2.24) is 5.32 Å². The van der Waals surface area contributed by atoms with Gasteiger partial charge in [0.1, 0.15) is 12.4 Å². The van der Waals surface area contributed by atoms with Gasteiger partial charge in [-0.3, -0.25) is 9.69 Å². The molecule has 102 valence electrons. The lowest BCUT2D eigenvalue weighted by molar-refractivity contribution is -0.140. The first-order valence-electron chi connectivity index (χ1n) is 6.06. The number of benzene rings is 1. The number of carbonyl (C=O) groups excluding carboxylic acids is 2. The van der Waals surface area contributed by atoms with Crippen molar-refractivity contribution in [2.24, 2.45) is 0 Å². The first-order chi connectivity index (χ1) is 9.22. The van der Waals surface area contributed by atoms with Crippen LogP contribution in [0.2, 0.25) is 0 Å². The van der Waals surface area contributed by atoms with E-state index in [9.17, 15) is 9.59 Å². The van der Waals surface area contributed by atoms with Gasteiger partial charge in [0.05, 0.1) is 25.8 Å². The summed E-state index contributed by atoms with van der Waals surface area (Å²) in [4.78, 5) is 24.6. The van der Waals surface area contributed by atoms with Crippen LogP contribution in [0.4, 0.5) is 10.5 Å². The molecular weight excluding hydrogens is 248 g/mol. The van der Waals surface area contributed by atoms with Crippen molar-refractivity contribution >= 4 is 17.7 Å². The van der Waals surface area contributed by atoms with Crippen LogP contribution in [0.1, 0.15) is 6.42 Å². The number of anilines is 1. The lowest BCUT2D eigenvalue weighted by Gasteiger charge is -2.29. The van der Waals surface area contributed by atoms with E-state index in [4.69, 9.17) is 4.74 Å². The summed E-state index contributed by atoms with van der Waals surface area (Å²) in [6, 6.07) is 7.12. The summed E-state index contributed by atoms with van der Waals surface area (Å²) in [5.74, 6) is 0.347. The molecule has 0 unspecified atom stereocenters. The predicted molar refractivity (Wildman–Crippen MR) is 69.3 cm³/mol. The van der Waals surface area contributed by atoms with Gasteiger partial charge in [-0.15, -0.1) is 0 Å². The number of urea groups is 1. The van der Waals surface area contributed by atoms with Crippen molar-refractivity contribution in [2.75, 3.05) is 31.7 Å². The third-order valence-electron chi connectivity index (χ3n) is 2.81. The number of carbonyl (C=O) groups is 2. The Morgan fingerprint density at radius 3 is 3.00 bits per heavy atom. The quantitative estimate of drug-likeness (QED) is 0.832. The molecule has 0 saturated heterocycles. The van der Waals surface area contributed by atoms with E-state index in [-0.39, 0.29) is 25.0 Å². The smallest absolute Gasteiger partial charge is 0.322 e. The van der Waals surface area contributed by atoms with Crippen LogP contribution >= 0.6 is 0 Å². The number of para-hydroxylation sites is 2. The molecule has 19 heavy (non-hydrogen) atoms. The standard InChI is InChI=1S/C13H16N2O4/c1-18-12(16)6-7-14-13(17)15-8-9-19-11-5-3-2-4-10(11)15/h2-5H,6-9H2,1H3,(H,14,17). The van der Waals surface area contributed by atoms with Crippen LogP contribution in [-0.2, 0) is 9.53 Å². The molecule has 0 atom stereocenters. The lowest BCUT2D eigenvalue weighted by Crippen LogP contribution is -2.44. The summed E-state index contributed by atoms with van der Waals surface area (Å²) in [6.07, 6.45) is 0.161. The van der Waals surface area contributed by atoms with Gasteiger partial charge in [0.2, 0.25) is 0 Å². The van der Waals surface area contributed by atoms with Crippen molar-refractivity contribution in [2.45, 2.75) is 6.42 Å². The number of amides is 2. The Labute approximate surface area is 111 Å². The molecule has 0 aromatic heterocycles. The van der Waals surface area contributed by atoms with E-state index < -0.39 is 0 Å². The molecule has 0 fully saturated rings. The van der Waals surface area contributed by atoms with Gasteiger partial charge in [-0.1, -0.05) is 12.1 Å². The van der Waals surface area contributed by atoms with Crippen molar-refractivity contribution in [3.8, 4) is 5.75 Å². The summed E-state index contributed by atoms with van der Waals surface area (Å²) in [7, 11) is 1.32. The van der Waals surface area contributed by atoms with E-state index in [2.05, 4.69) is 10.1 Å². The third kappa shape index (κ3) is 3.15. The summed E-state index contributed by atoms with van der Waals surface area (Å²) in [5.41, 5.74) is 0.740. The highest BCUT2D eigenvalue weighted by Crippen LogP contribution is 2.30. The fourth-order valence-corrected chi connectivity index (χ4v) is 1.85. The normalized spacial score (nSPS) is 13.2. The molecule has 6 nitrogen and oxygen atoms in total. The number of methoxy groups -OCH3 is 1. The minimum atomic E-state index is -0.345. The molecule has 1 aromatic rings. The molecule has 2 amide bonds. The molecule has 0 radical (unpaired) electrons. The maximum absolute atomic E-state index is 12.0. The zero-order valence-corrected chi connectivity index (χ0v) is 10.7. The number of ether oxygens (including phenoxy) is 2. The van der Waals surface area contributed by atoms with E-state index in [0.29, 0.717) is 18.9 Å². The molecule has 1 N–H and O–H groups in total. The van der Waals surface area contributed by atoms with Crippen LogP contribution in [0.5, 0.6) is 5.75 Å². The Morgan fingerprint density at radius 2 is 2.21 bits per heavy atom. The minimum absolute atomic E-state index is 0.161. The Balaban J connectivity index is 1.95. The first-order valence-corrected chi connectivity index (χ1v) is 6.06. The van der Waals surface area contributed by atoms with Gasteiger partial charge < -0.3 is 14.8 Å². The molecular formula is C13H16N2O4. The summed E-state index contributed by atoms with van der Waals surface area (Å²) < 4.78 is 9.98. The highest BCUT2D eigenvalue weighted by molar-refractivity contribution is 5.94. The van der Waals surface area contributed by atoms with Crippen LogP contribution in [-0.4, -0.2) is 38.8 Å². The number of esters is 1. The molecule has 0 saturated carbocycles. The predicted octanol–water partition coefficient (Wildman–Crippen LogP) is 1.16. The number of hydrogen-bond acceptors (Lipinski definition) is 4. The van der Waals surface area contributed by atoms with E-state index in [1.54, 1.807) is 4.90 Å². The van der Waals surface area contributed by atoms with Crippen molar-refractivity contribution in [3.63, 3.8) is 0 Å². The number of fused-ring (bicyclic) bond motifs is 1. The average molecular weight is 264 g/mol. The Bertz CT molecular complexity index is 475. The van der Waals surface area contributed by atoms with Gasteiger partial charge in [-0.25, -0.2) is 4.79 Å². The van der Waals surface area contributed by atoms with Crippen molar-refractivity contribution in [3.05, 3.63) is 24.3 Å². The van der Waals surface area contributed by atoms with Crippen LogP contribution in [0.25, 0.3) is 0 Å². The summed E-state index contributed by atoms with van der Waals surface area (Å²) in [6.45, 7) is 1.20. The van der Waals surface area contributed by atoms with Crippen LogP contribution in [0.15, 0.2) is 24.3 Å². The van der Waals surface area contributed by atoms with Crippen LogP contribution in [0, 0.1) is 0 Å². The Morgan fingerprint density at radius 1 is 1.42 bits per heavy atom. The maximum Gasteiger partial charge on any atom is 0.322 e. The molecule has 0 aliphatic carbocycles. The number of nitrogens with one attached hydrogen (secondary N) is 1. The van der Waals surface area contributed by atoms with Crippen molar-refractivity contribution < 1.29 is 19.1 Å². The van der Waals surface area contributed by atoms with Crippen LogP contribution < -0.4 is 15.0 Å². The van der Waals surface area contributed by atoms with E-state index in [1.165, 1.54) is 7.11 Å². The average Bonchev–Trinajstić information content (AvgIpc) is 2.46. The molecule has 1 aliphatic heterocycles. The van der Waals surface area contributed by atoms with E-state index in [0.717, 1.165) is 5.69 Å². The second-order valence-corrected chi connectivity index (χ2v) is 4.03. The molecule has 6 heteroatoms. The fraction of sp³-hybridized carbons (Fsp3) is 0.385. The maximum atomic E-state index is 12.0. The number of nitrogens with zero attached hydrogens (tertiary/aromatic N) is 1. The molecule has 1 heterocycles. The van der Waals surface area contributed by atoms with Crippen molar-refractivity contribution in [1.29, 1.82) is 0 Å². The molecule has 2 rings (SSSR count). The topological polar surface area (TPSA) is 67.9 Å². The Kier molecular flexibility index (Phi) is 4.22. The monoisotopic (exact) mass is 264 g/mol. The van der Waals surface area contributed by atoms with E-state index in [1.807, 2.05) is 24.3 Å². The summed E-state index contributed by atoms with van der Waals surface area (Å²) >= 11 is 0. The van der Waals surface area contributed by atoms with Gasteiger partial charge in [0, 0.05) is 6.54 Å². The molecule has 0 spiro atoms. The zero-order chi connectivity index (χ0) is 13.7.